The van der Waals surface area contributed by atoms with E-state index < -0.39 is 92.4 Å². The molecule has 0 aromatic rings. The van der Waals surface area contributed by atoms with Crippen LogP contribution < -0.4 is 5.32 Å². The first kappa shape index (κ1) is 66.9. The van der Waals surface area contributed by atoms with Gasteiger partial charge in [0, 0.05) is 6.42 Å². The molecule has 6 N–H and O–H groups in total. The minimum absolute atomic E-state index is 0.182. The summed E-state index contributed by atoms with van der Waals surface area (Å²) >= 11 is 0. The van der Waals surface area contributed by atoms with Crippen LogP contribution in [-0.2, 0) is 33.3 Å². The maximum atomic E-state index is 13.4. The zero-order valence-electron chi connectivity index (χ0n) is 45.9. The Morgan fingerprint density at radius 1 is 0.549 bits per heavy atom. The van der Waals surface area contributed by atoms with Gasteiger partial charge in [0.25, 0.3) is 0 Å². The maximum Gasteiger partial charge on any atom is 0.410 e. The van der Waals surface area contributed by atoms with Gasteiger partial charge in [-0.25, -0.2) is 4.79 Å². The molecule has 1 aliphatic rings. The van der Waals surface area contributed by atoms with E-state index in [0.29, 0.717) is 19.3 Å². The normalized spacial score (nSPS) is 19.5. The molecule has 1 amide bonds. The van der Waals surface area contributed by atoms with E-state index in [4.69, 9.17) is 23.7 Å². The standard InChI is InChI=1S/C57H109NO13/c1-6-8-10-12-14-16-18-20-21-22-23-24-25-26-27-28-29-30-32-34-36-38-40-42-49(60)70-47(41-39-37-35-33-31-19-17-15-13-11-9-7-2)50(61)46(58-56(66)69-45-68-55(65)57(3,4)5)44-67-54-53(64)52(63)51(62)48(43-59)71-54/h46-48,50-54,59,61-64H,6-45H2,1-5H3,(H,58,66)/t46-,47+,48+,50-,51-,52-,53+,54-/m0/s1. The molecule has 0 spiro atoms. The number of ether oxygens (including phenoxy) is 5. The number of amides is 1. The number of unbranched alkanes of at least 4 members (excludes halogenated alkanes) is 33. The van der Waals surface area contributed by atoms with Crippen molar-refractivity contribution in [1.29, 1.82) is 0 Å². The van der Waals surface area contributed by atoms with Crippen LogP contribution in [0.15, 0.2) is 0 Å². The van der Waals surface area contributed by atoms with Crippen LogP contribution in [0.3, 0.4) is 0 Å². The molecule has 14 heteroatoms. The van der Waals surface area contributed by atoms with Crippen LogP contribution in [0, 0.1) is 5.41 Å². The van der Waals surface area contributed by atoms with Crippen molar-refractivity contribution < 1.29 is 63.6 Å². The van der Waals surface area contributed by atoms with Crippen molar-refractivity contribution in [1.82, 2.24) is 5.32 Å². The highest BCUT2D eigenvalue weighted by atomic mass is 16.7. The van der Waals surface area contributed by atoms with Crippen molar-refractivity contribution >= 4 is 18.0 Å². The molecule has 0 unspecified atom stereocenters. The largest absolute Gasteiger partial charge is 0.460 e. The number of carbonyl (C=O) groups excluding carboxylic acids is 3. The van der Waals surface area contributed by atoms with Gasteiger partial charge in [-0.1, -0.05) is 226 Å². The molecular weight excluding hydrogens is 907 g/mol. The fourth-order valence-corrected chi connectivity index (χ4v) is 9.20. The Morgan fingerprint density at radius 3 is 1.34 bits per heavy atom. The number of esters is 2. The average molecular weight is 1020 g/mol. The summed E-state index contributed by atoms with van der Waals surface area (Å²) in [5.74, 6) is -1.05. The summed E-state index contributed by atoms with van der Waals surface area (Å²) in [4.78, 5) is 38.7. The topological polar surface area (TPSA) is 211 Å². The summed E-state index contributed by atoms with van der Waals surface area (Å²) in [5, 5.41) is 55.3. The van der Waals surface area contributed by atoms with Crippen molar-refractivity contribution in [2.75, 3.05) is 20.0 Å². The third-order valence-electron chi connectivity index (χ3n) is 14.0. The molecule has 14 nitrogen and oxygen atoms in total. The highest BCUT2D eigenvalue weighted by molar-refractivity contribution is 5.75. The Balaban J connectivity index is 2.66. The molecule has 1 fully saturated rings. The van der Waals surface area contributed by atoms with Crippen LogP contribution in [0.1, 0.15) is 272 Å². The summed E-state index contributed by atoms with van der Waals surface area (Å²) in [6.45, 7) is 7.56. The van der Waals surface area contributed by atoms with E-state index in [2.05, 4.69) is 19.2 Å². The zero-order chi connectivity index (χ0) is 52.4. The van der Waals surface area contributed by atoms with E-state index in [1.165, 1.54) is 167 Å². The monoisotopic (exact) mass is 1020 g/mol. The Kier molecular flexibility index (Phi) is 41.7. The van der Waals surface area contributed by atoms with Crippen molar-refractivity contribution in [3.8, 4) is 0 Å². The molecule has 0 aromatic heterocycles. The van der Waals surface area contributed by atoms with Crippen LogP contribution in [0.25, 0.3) is 0 Å². The third-order valence-corrected chi connectivity index (χ3v) is 14.0. The average Bonchev–Trinajstić information content (AvgIpc) is 3.34. The van der Waals surface area contributed by atoms with Crippen LogP contribution >= 0.6 is 0 Å². The zero-order valence-corrected chi connectivity index (χ0v) is 45.9. The van der Waals surface area contributed by atoms with Crippen LogP contribution in [0.4, 0.5) is 4.79 Å². The lowest BCUT2D eigenvalue weighted by molar-refractivity contribution is -0.303. The number of hydrogen-bond acceptors (Lipinski definition) is 13. The van der Waals surface area contributed by atoms with Crippen LogP contribution in [-0.4, -0.2) is 113 Å². The van der Waals surface area contributed by atoms with Crippen molar-refractivity contribution in [3.05, 3.63) is 0 Å². The van der Waals surface area contributed by atoms with E-state index >= 15 is 0 Å². The Hall–Kier alpha value is -2.07. The van der Waals surface area contributed by atoms with E-state index in [1.54, 1.807) is 20.8 Å². The second-order valence-corrected chi connectivity index (χ2v) is 21.7. The molecule has 1 saturated heterocycles. The number of hydrogen-bond donors (Lipinski definition) is 6. The van der Waals surface area contributed by atoms with Gasteiger partial charge in [-0.3, -0.25) is 9.59 Å². The van der Waals surface area contributed by atoms with Gasteiger partial charge in [0.15, 0.2) is 6.29 Å². The van der Waals surface area contributed by atoms with Gasteiger partial charge < -0.3 is 54.5 Å². The number of nitrogens with one attached hydrogen (secondary N) is 1. The molecule has 0 saturated carbocycles. The minimum atomic E-state index is -1.73. The molecule has 1 heterocycles. The number of aliphatic hydroxyl groups is 5. The highest BCUT2D eigenvalue weighted by Crippen LogP contribution is 2.24. The summed E-state index contributed by atoms with van der Waals surface area (Å²) in [5.41, 5.74) is -0.840. The molecule has 71 heavy (non-hydrogen) atoms. The number of aliphatic hydroxyl groups excluding tert-OH is 5. The first-order valence-corrected chi connectivity index (χ1v) is 29.2. The van der Waals surface area contributed by atoms with Gasteiger partial charge in [0.05, 0.1) is 24.7 Å². The molecule has 0 bridgehead atoms. The third kappa shape index (κ3) is 34.9. The molecular formula is C57H109NO13. The predicted octanol–water partition coefficient (Wildman–Crippen LogP) is 12.2. The Bertz CT molecular complexity index is 1260. The smallest absolute Gasteiger partial charge is 0.410 e. The van der Waals surface area contributed by atoms with E-state index in [1.807, 2.05) is 0 Å². The second kappa shape index (κ2) is 44.2. The summed E-state index contributed by atoms with van der Waals surface area (Å²) in [6.07, 6.45) is 32.2. The van der Waals surface area contributed by atoms with E-state index in [9.17, 15) is 39.9 Å². The first-order valence-electron chi connectivity index (χ1n) is 29.2. The van der Waals surface area contributed by atoms with Gasteiger partial charge in [-0.05, 0) is 40.0 Å². The SMILES string of the molecule is CCCCCCCCCCCCCCCCCCCCCCCCCC(=O)O[C@H](CCCCCCCCCCCCCC)[C@@H](O)[C@H](CO[C@H]1O[C@H](CO)[C@H](O)[C@H](O)[C@H]1O)NC(=O)OCOC(=O)C(C)(C)C. The molecule has 1 aliphatic heterocycles. The molecule has 0 aliphatic carbocycles. The fourth-order valence-electron chi connectivity index (χ4n) is 9.20. The van der Waals surface area contributed by atoms with Crippen LogP contribution in [0.5, 0.6) is 0 Å². The number of alkyl carbamates (subject to hydrolysis) is 1. The maximum absolute atomic E-state index is 13.4. The summed E-state index contributed by atoms with van der Waals surface area (Å²) in [7, 11) is 0. The number of carbonyl (C=O) groups is 3. The predicted molar refractivity (Wildman–Crippen MR) is 282 cm³/mol. The van der Waals surface area contributed by atoms with E-state index in [-0.39, 0.29) is 6.42 Å². The molecule has 420 valence electrons. The van der Waals surface area contributed by atoms with Gasteiger partial charge in [0.1, 0.15) is 36.6 Å². The Labute approximate surface area is 432 Å². The highest BCUT2D eigenvalue weighted by Gasteiger charge is 2.45. The summed E-state index contributed by atoms with van der Waals surface area (Å²) in [6, 6.07) is -1.30. The van der Waals surface area contributed by atoms with Gasteiger partial charge >= 0.3 is 18.0 Å². The molecule has 8 atom stereocenters. The molecule has 0 aromatic carbocycles. The fraction of sp³-hybridized carbons (Fsp3) is 0.947. The van der Waals surface area contributed by atoms with Crippen LogP contribution in [0.2, 0.25) is 0 Å². The van der Waals surface area contributed by atoms with Crippen molar-refractivity contribution in [2.24, 2.45) is 5.41 Å². The Morgan fingerprint density at radius 2 is 0.944 bits per heavy atom. The quantitative estimate of drug-likeness (QED) is 0.0191. The summed E-state index contributed by atoms with van der Waals surface area (Å²) < 4.78 is 27.4. The van der Waals surface area contributed by atoms with Gasteiger partial charge in [-0.2, -0.15) is 0 Å². The van der Waals surface area contributed by atoms with Gasteiger partial charge in [0.2, 0.25) is 6.79 Å². The lowest BCUT2D eigenvalue weighted by Gasteiger charge is -2.40. The first-order chi connectivity index (χ1) is 34.3. The minimum Gasteiger partial charge on any atom is -0.460 e. The lowest BCUT2D eigenvalue weighted by Crippen LogP contribution is -2.60. The van der Waals surface area contributed by atoms with Crippen molar-refractivity contribution in [3.63, 3.8) is 0 Å². The molecule has 0 radical (unpaired) electrons. The van der Waals surface area contributed by atoms with Gasteiger partial charge in [-0.15, -0.1) is 0 Å². The van der Waals surface area contributed by atoms with E-state index in [0.717, 1.165) is 44.9 Å². The second-order valence-electron chi connectivity index (χ2n) is 21.7. The number of rotatable bonds is 47. The van der Waals surface area contributed by atoms with Crippen molar-refractivity contribution in [2.45, 2.75) is 321 Å². The molecule has 1 rings (SSSR count). The lowest BCUT2D eigenvalue weighted by atomic mass is 9.98.